The summed E-state index contributed by atoms with van der Waals surface area (Å²) in [5, 5.41) is 0. The molecule has 1 heterocycles. The van der Waals surface area contributed by atoms with Crippen molar-refractivity contribution in [3.05, 3.63) is 32.9 Å². The summed E-state index contributed by atoms with van der Waals surface area (Å²) < 4.78 is 11.4. The van der Waals surface area contributed by atoms with E-state index in [1.165, 1.54) is 7.11 Å². The highest BCUT2D eigenvalue weighted by Gasteiger charge is 2.35. The third kappa shape index (κ3) is 3.91. The second-order valence-corrected chi connectivity index (χ2v) is 7.53. The SMILES string of the molecule is COC(=O)C1CN(C(=O)OC(C)(C)C)Cc2cc(I)ccc21. The van der Waals surface area contributed by atoms with Gasteiger partial charge in [-0.05, 0) is 66.6 Å². The van der Waals surface area contributed by atoms with Crippen molar-refractivity contribution in [3.63, 3.8) is 0 Å². The van der Waals surface area contributed by atoms with Gasteiger partial charge in [0, 0.05) is 16.7 Å². The van der Waals surface area contributed by atoms with E-state index in [1.54, 1.807) is 4.90 Å². The summed E-state index contributed by atoms with van der Waals surface area (Å²) in [4.78, 5) is 25.9. The predicted octanol–water partition coefficient (Wildman–Crippen LogP) is 3.30. The van der Waals surface area contributed by atoms with E-state index in [0.29, 0.717) is 6.54 Å². The molecule has 1 aliphatic rings. The number of halogens is 1. The Kier molecular flexibility index (Phi) is 4.99. The van der Waals surface area contributed by atoms with E-state index >= 15 is 0 Å². The van der Waals surface area contributed by atoms with Gasteiger partial charge in [-0.25, -0.2) is 4.79 Å². The van der Waals surface area contributed by atoms with Crippen LogP contribution in [0.5, 0.6) is 0 Å². The van der Waals surface area contributed by atoms with Crippen LogP contribution in [0.25, 0.3) is 0 Å². The molecule has 0 fully saturated rings. The van der Waals surface area contributed by atoms with Gasteiger partial charge in [0.05, 0.1) is 13.0 Å². The topological polar surface area (TPSA) is 55.8 Å². The number of ether oxygens (including phenoxy) is 2. The normalized spacial score (nSPS) is 17.7. The number of benzene rings is 1. The number of nitrogens with zero attached hydrogens (tertiary/aromatic N) is 1. The molecule has 120 valence electrons. The molecule has 0 spiro atoms. The fourth-order valence-electron chi connectivity index (χ4n) is 2.45. The molecule has 0 saturated heterocycles. The number of methoxy groups -OCH3 is 1. The Balaban J connectivity index is 2.31. The van der Waals surface area contributed by atoms with Crippen molar-refractivity contribution in [3.8, 4) is 0 Å². The number of rotatable bonds is 1. The van der Waals surface area contributed by atoms with Crippen molar-refractivity contribution in [1.82, 2.24) is 4.90 Å². The molecular formula is C16H20INO4. The van der Waals surface area contributed by atoms with Gasteiger partial charge in [-0.15, -0.1) is 0 Å². The fraction of sp³-hybridized carbons (Fsp3) is 0.500. The molecule has 0 bridgehead atoms. The van der Waals surface area contributed by atoms with E-state index in [-0.39, 0.29) is 12.5 Å². The second kappa shape index (κ2) is 6.44. The van der Waals surface area contributed by atoms with Crippen LogP contribution >= 0.6 is 22.6 Å². The van der Waals surface area contributed by atoms with Gasteiger partial charge in [0.1, 0.15) is 5.60 Å². The molecule has 2 rings (SSSR count). The van der Waals surface area contributed by atoms with Crippen LogP contribution in [0, 0.1) is 3.57 Å². The van der Waals surface area contributed by atoms with Gasteiger partial charge < -0.3 is 14.4 Å². The number of hydrogen-bond acceptors (Lipinski definition) is 4. The van der Waals surface area contributed by atoms with Gasteiger partial charge in [-0.3, -0.25) is 4.79 Å². The average Bonchev–Trinajstić information content (AvgIpc) is 2.43. The first-order valence-corrected chi connectivity index (χ1v) is 8.13. The second-order valence-electron chi connectivity index (χ2n) is 6.28. The molecule has 0 aromatic heterocycles. The van der Waals surface area contributed by atoms with Crippen molar-refractivity contribution >= 4 is 34.7 Å². The molecule has 6 heteroatoms. The van der Waals surface area contributed by atoms with Crippen molar-refractivity contribution in [1.29, 1.82) is 0 Å². The summed E-state index contributed by atoms with van der Waals surface area (Å²) in [6, 6.07) is 5.88. The molecule has 1 aromatic carbocycles. The van der Waals surface area contributed by atoms with E-state index in [2.05, 4.69) is 22.6 Å². The molecule has 0 radical (unpaired) electrons. The number of amides is 1. The van der Waals surface area contributed by atoms with Crippen LogP contribution in [0.1, 0.15) is 37.8 Å². The van der Waals surface area contributed by atoms with Crippen LogP contribution in [-0.4, -0.2) is 36.2 Å². The molecule has 1 atom stereocenters. The quantitative estimate of drug-likeness (QED) is 0.520. The molecule has 1 aromatic rings. The molecule has 22 heavy (non-hydrogen) atoms. The minimum Gasteiger partial charge on any atom is -0.468 e. The van der Waals surface area contributed by atoms with Crippen LogP contribution in [0.4, 0.5) is 4.79 Å². The number of fused-ring (bicyclic) bond motifs is 1. The number of hydrogen-bond donors (Lipinski definition) is 0. The van der Waals surface area contributed by atoms with E-state index in [0.717, 1.165) is 14.7 Å². The van der Waals surface area contributed by atoms with Gasteiger partial charge in [-0.1, -0.05) is 6.07 Å². The highest BCUT2D eigenvalue weighted by molar-refractivity contribution is 14.1. The predicted molar refractivity (Wildman–Crippen MR) is 90.6 cm³/mol. The van der Waals surface area contributed by atoms with Crippen LogP contribution in [0.3, 0.4) is 0 Å². The molecular weight excluding hydrogens is 397 g/mol. The Morgan fingerprint density at radius 2 is 2.00 bits per heavy atom. The lowest BCUT2D eigenvalue weighted by atomic mass is 9.90. The molecule has 0 aliphatic carbocycles. The summed E-state index contributed by atoms with van der Waals surface area (Å²) in [5.74, 6) is -0.811. The lowest BCUT2D eigenvalue weighted by molar-refractivity contribution is -0.143. The van der Waals surface area contributed by atoms with Crippen LogP contribution < -0.4 is 0 Å². The van der Waals surface area contributed by atoms with Crippen molar-refractivity contribution < 1.29 is 19.1 Å². The first kappa shape index (κ1) is 17.1. The number of carbonyl (C=O) groups excluding carboxylic acids is 2. The van der Waals surface area contributed by atoms with Gasteiger partial charge in [0.15, 0.2) is 0 Å². The van der Waals surface area contributed by atoms with Gasteiger partial charge in [0.2, 0.25) is 0 Å². The van der Waals surface area contributed by atoms with Gasteiger partial charge in [0.25, 0.3) is 0 Å². The van der Waals surface area contributed by atoms with Gasteiger partial charge >= 0.3 is 12.1 Å². The van der Waals surface area contributed by atoms with Gasteiger partial charge in [-0.2, -0.15) is 0 Å². The Morgan fingerprint density at radius 1 is 1.32 bits per heavy atom. The first-order chi connectivity index (χ1) is 10.2. The minimum atomic E-state index is -0.566. The highest BCUT2D eigenvalue weighted by Crippen LogP contribution is 2.31. The maximum atomic E-state index is 12.3. The average molecular weight is 417 g/mol. The maximum absolute atomic E-state index is 12.3. The largest absolute Gasteiger partial charge is 0.468 e. The zero-order valence-electron chi connectivity index (χ0n) is 13.2. The molecule has 0 N–H and O–H groups in total. The van der Waals surface area contributed by atoms with Crippen LogP contribution in [0.15, 0.2) is 18.2 Å². The Labute approximate surface area is 144 Å². The van der Waals surface area contributed by atoms with Crippen molar-refractivity contribution in [2.45, 2.75) is 38.8 Å². The minimum absolute atomic E-state index is 0.273. The molecule has 0 saturated carbocycles. The van der Waals surface area contributed by atoms with E-state index in [4.69, 9.17) is 9.47 Å². The smallest absolute Gasteiger partial charge is 0.410 e. The van der Waals surface area contributed by atoms with E-state index in [1.807, 2.05) is 39.0 Å². The Morgan fingerprint density at radius 3 is 2.59 bits per heavy atom. The zero-order valence-corrected chi connectivity index (χ0v) is 15.3. The summed E-state index contributed by atoms with van der Waals surface area (Å²) in [6.07, 6.45) is -0.411. The number of esters is 1. The summed E-state index contributed by atoms with van der Waals surface area (Å²) in [7, 11) is 1.36. The van der Waals surface area contributed by atoms with E-state index < -0.39 is 17.6 Å². The number of carbonyl (C=O) groups is 2. The highest BCUT2D eigenvalue weighted by atomic mass is 127. The van der Waals surface area contributed by atoms with Crippen LogP contribution in [0.2, 0.25) is 0 Å². The standard InChI is InChI=1S/C16H20INO4/c1-16(2,3)22-15(20)18-8-10-7-11(17)5-6-12(10)13(9-18)14(19)21-4/h5-7,13H,8-9H2,1-4H3. The molecule has 1 amide bonds. The summed E-state index contributed by atoms with van der Waals surface area (Å²) in [5.41, 5.74) is 1.31. The lowest BCUT2D eigenvalue weighted by Crippen LogP contribution is -2.43. The Bertz CT molecular complexity index is 594. The fourth-order valence-corrected chi connectivity index (χ4v) is 3.01. The lowest BCUT2D eigenvalue weighted by Gasteiger charge is -2.34. The molecule has 1 aliphatic heterocycles. The Hall–Kier alpha value is -1.31. The maximum Gasteiger partial charge on any atom is 0.410 e. The van der Waals surface area contributed by atoms with Crippen molar-refractivity contribution in [2.24, 2.45) is 0 Å². The molecule has 1 unspecified atom stereocenters. The third-order valence-corrected chi connectivity index (χ3v) is 4.05. The monoisotopic (exact) mass is 417 g/mol. The van der Waals surface area contributed by atoms with Crippen molar-refractivity contribution in [2.75, 3.05) is 13.7 Å². The third-order valence-electron chi connectivity index (χ3n) is 3.38. The van der Waals surface area contributed by atoms with Crippen LogP contribution in [-0.2, 0) is 20.8 Å². The summed E-state index contributed by atoms with van der Waals surface area (Å²) in [6.45, 7) is 6.18. The zero-order chi connectivity index (χ0) is 16.5. The first-order valence-electron chi connectivity index (χ1n) is 7.05. The summed E-state index contributed by atoms with van der Waals surface area (Å²) >= 11 is 2.22. The van der Waals surface area contributed by atoms with E-state index in [9.17, 15) is 9.59 Å². The molecule has 5 nitrogen and oxygen atoms in total.